The Labute approximate surface area is 226 Å². The molecule has 4 N–H and O–H groups in total. The first-order valence-electron chi connectivity index (χ1n) is 13.8. The third-order valence-electron chi connectivity index (χ3n) is 7.16. The Morgan fingerprint density at radius 2 is 1.63 bits per heavy atom. The molecule has 38 heavy (non-hydrogen) atoms. The molecule has 1 aromatic carbocycles. The molecule has 0 aliphatic heterocycles. The Balaban J connectivity index is 1.98. The number of nitrogens with one attached hydrogen (secondary N) is 2. The molecule has 2 saturated carbocycles. The van der Waals surface area contributed by atoms with Gasteiger partial charge in [0.2, 0.25) is 17.7 Å². The van der Waals surface area contributed by atoms with E-state index in [1.54, 1.807) is 25.7 Å². The van der Waals surface area contributed by atoms with Crippen LogP contribution in [-0.4, -0.2) is 52.4 Å². The maximum atomic E-state index is 14.2. The van der Waals surface area contributed by atoms with Gasteiger partial charge in [-0.15, -0.1) is 0 Å². The first-order valence-corrected chi connectivity index (χ1v) is 13.8. The third kappa shape index (κ3) is 8.20. The minimum absolute atomic E-state index is 0.0142. The number of rotatable bonds is 10. The fourth-order valence-electron chi connectivity index (χ4n) is 5.23. The standard InChI is InChI=1S/C29H44N4O5/c1-18-10-9-11-19(2)24(18)25(26(35)31-20-12-7-6-8-13-20)33(21-14-15-21)27(36)22(16-17-23(30)34)32-28(37)38-29(3,4)5/h9-11,20-22,25H,6-8,12-17H2,1-5H3,(H2,30,34)(H,31,35)(H,32,37). The summed E-state index contributed by atoms with van der Waals surface area (Å²) in [6.45, 7) is 9.09. The molecule has 0 heterocycles. The van der Waals surface area contributed by atoms with Gasteiger partial charge in [0, 0.05) is 18.5 Å². The van der Waals surface area contributed by atoms with E-state index in [0.29, 0.717) is 0 Å². The van der Waals surface area contributed by atoms with Crippen LogP contribution in [-0.2, 0) is 19.1 Å². The zero-order valence-corrected chi connectivity index (χ0v) is 23.5. The van der Waals surface area contributed by atoms with Crippen molar-refractivity contribution in [2.24, 2.45) is 5.73 Å². The highest BCUT2D eigenvalue weighted by molar-refractivity contribution is 5.93. The highest BCUT2D eigenvalue weighted by Crippen LogP contribution is 2.38. The topological polar surface area (TPSA) is 131 Å². The van der Waals surface area contributed by atoms with Crippen LogP contribution in [0.5, 0.6) is 0 Å². The predicted molar refractivity (Wildman–Crippen MR) is 145 cm³/mol. The molecule has 210 valence electrons. The van der Waals surface area contributed by atoms with E-state index in [9.17, 15) is 19.2 Å². The number of carbonyl (C=O) groups excluding carboxylic acids is 4. The molecular weight excluding hydrogens is 484 g/mol. The molecular formula is C29H44N4O5. The van der Waals surface area contributed by atoms with Crippen LogP contribution in [0.1, 0.15) is 101 Å². The van der Waals surface area contributed by atoms with Crippen molar-refractivity contribution in [1.29, 1.82) is 0 Å². The van der Waals surface area contributed by atoms with Crippen LogP contribution < -0.4 is 16.4 Å². The lowest BCUT2D eigenvalue weighted by molar-refractivity contribution is -0.143. The lowest BCUT2D eigenvalue weighted by Gasteiger charge is -2.37. The normalized spacial score (nSPS) is 17.7. The molecule has 2 aliphatic carbocycles. The fourth-order valence-corrected chi connectivity index (χ4v) is 5.23. The first kappa shape index (κ1) is 29.5. The highest BCUT2D eigenvalue weighted by Gasteiger charge is 2.45. The summed E-state index contributed by atoms with van der Waals surface area (Å²) in [5.41, 5.74) is 7.26. The van der Waals surface area contributed by atoms with Gasteiger partial charge in [0.1, 0.15) is 17.7 Å². The SMILES string of the molecule is Cc1cccc(C)c1C(C(=O)NC1CCCCC1)N(C(=O)C(CCC(N)=O)NC(=O)OC(C)(C)C)C1CC1. The number of hydrogen-bond acceptors (Lipinski definition) is 5. The number of benzene rings is 1. The van der Waals surface area contributed by atoms with Gasteiger partial charge < -0.3 is 26.0 Å². The second kappa shape index (κ2) is 12.6. The smallest absolute Gasteiger partial charge is 0.408 e. The second-order valence-electron chi connectivity index (χ2n) is 11.7. The van der Waals surface area contributed by atoms with E-state index >= 15 is 0 Å². The summed E-state index contributed by atoms with van der Waals surface area (Å²) in [6, 6.07) is 3.85. The van der Waals surface area contributed by atoms with E-state index in [1.165, 1.54) is 0 Å². The molecule has 0 bridgehead atoms. The van der Waals surface area contributed by atoms with Crippen molar-refractivity contribution >= 4 is 23.8 Å². The largest absolute Gasteiger partial charge is 0.444 e. The van der Waals surface area contributed by atoms with Gasteiger partial charge in [0.15, 0.2) is 0 Å². The van der Waals surface area contributed by atoms with Gasteiger partial charge in [-0.05, 0) is 83.4 Å². The molecule has 3 rings (SSSR count). The number of ether oxygens (including phenoxy) is 1. The average Bonchev–Trinajstić information content (AvgIpc) is 3.65. The quantitative estimate of drug-likeness (QED) is 0.423. The van der Waals surface area contributed by atoms with Crippen molar-refractivity contribution in [3.8, 4) is 0 Å². The number of primary amides is 1. The number of alkyl carbamates (subject to hydrolysis) is 1. The number of hydrogen-bond donors (Lipinski definition) is 3. The van der Waals surface area contributed by atoms with E-state index in [-0.39, 0.29) is 30.8 Å². The summed E-state index contributed by atoms with van der Waals surface area (Å²) in [7, 11) is 0. The van der Waals surface area contributed by atoms with Crippen LogP contribution in [0, 0.1) is 13.8 Å². The van der Waals surface area contributed by atoms with Crippen LogP contribution in [0.3, 0.4) is 0 Å². The molecule has 2 fully saturated rings. The van der Waals surface area contributed by atoms with Crippen molar-refractivity contribution in [2.75, 3.05) is 0 Å². The maximum absolute atomic E-state index is 14.2. The number of aryl methyl sites for hydroxylation is 2. The van der Waals surface area contributed by atoms with Gasteiger partial charge in [-0.3, -0.25) is 14.4 Å². The van der Waals surface area contributed by atoms with Crippen molar-refractivity contribution in [3.63, 3.8) is 0 Å². The van der Waals surface area contributed by atoms with E-state index in [4.69, 9.17) is 10.5 Å². The van der Waals surface area contributed by atoms with Gasteiger partial charge >= 0.3 is 6.09 Å². The number of carbonyl (C=O) groups is 4. The summed E-state index contributed by atoms with van der Waals surface area (Å²) < 4.78 is 5.40. The zero-order chi connectivity index (χ0) is 28.0. The monoisotopic (exact) mass is 528 g/mol. The van der Waals surface area contributed by atoms with Crippen LogP contribution >= 0.6 is 0 Å². The predicted octanol–water partition coefficient (Wildman–Crippen LogP) is 3.94. The minimum atomic E-state index is -1.06. The van der Waals surface area contributed by atoms with Crippen LogP contribution in [0.15, 0.2) is 18.2 Å². The van der Waals surface area contributed by atoms with Gasteiger partial charge in [-0.25, -0.2) is 4.79 Å². The summed E-state index contributed by atoms with van der Waals surface area (Å²) in [5, 5.41) is 5.89. The fraction of sp³-hybridized carbons (Fsp3) is 0.655. The van der Waals surface area contributed by atoms with Gasteiger partial charge in [0.25, 0.3) is 0 Å². The average molecular weight is 529 g/mol. The number of nitrogens with two attached hydrogens (primary N) is 1. The molecule has 0 spiro atoms. The summed E-state index contributed by atoms with van der Waals surface area (Å²) in [6.07, 6.45) is 5.83. The van der Waals surface area contributed by atoms with E-state index in [2.05, 4.69) is 10.6 Å². The number of nitrogens with zero attached hydrogens (tertiary/aromatic N) is 1. The molecule has 4 amide bonds. The Hall–Kier alpha value is -3.10. The first-order chi connectivity index (χ1) is 17.9. The van der Waals surface area contributed by atoms with E-state index < -0.39 is 35.6 Å². The van der Waals surface area contributed by atoms with Crippen LogP contribution in [0.2, 0.25) is 0 Å². The molecule has 9 nitrogen and oxygen atoms in total. The van der Waals surface area contributed by atoms with E-state index in [1.807, 2.05) is 32.0 Å². The van der Waals surface area contributed by atoms with Crippen LogP contribution in [0.25, 0.3) is 0 Å². The van der Waals surface area contributed by atoms with Crippen molar-refractivity contribution in [3.05, 3.63) is 34.9 Å². The third-order valence-corrected chi connectivity index (χ3v) is 7.16. The molecule has 0 radical (unpaired) electrons. The summed E-state index contributed by atoms with van der Waals surface area (Å²) in [5.74, 6) is -1.19. The Bertz CT molecular complexity index is 1000. The molecule has 0 saturated heterocycles. The van der Waals surface area contributed by atoms with Gasteiger partial charge in [-0.1, -0.05) is 37.5 Å². The molecule has 2 aliphatic rings. The van der Waals surface area contributed by atoms with E-state index in [0.717, 1.165) is 61.6 Å². The summed E-state index contributed by atoms with van der Waals surface area (Å²) >= 11 is 0. The molecule has 2 unspecified atom stereocenters. The van der Waals surface area contributed by atoms with Crippen molar-refractivity contribution in [1.82, 2.24) is 15.5 Å². The van der Waals surface area contributed by atoms with Gasteiger partial charge in [0.05, 0.1) is 0 Å². The Kier molecular flexibility index (Phi) is 9.79. The van der Waals surface area contributed by atoms with Crippen molar-refractivity contribution in [2.45, 2.75) is 122 Å². The highest BCUT2D eigenvalue weighted by atomic mass is 16.6. The van der Waals surface area contributed by atoms with Gasteiger partial charge in [-0.2, -0.15) is 0 Å². The molecule has 0 aromatic heterocycles. The molecule has 2 atom stereocenters. The zero-order valence-electron chi connectivity index (χ0n) is 23.5. The maximum Gasteiger partial charge on any atom is 0.408 e. The van der Waals surface area contributed by atoms with Crippen molar-refractivity contribution < 1.29 is 23.9 Å². The second-order valence-corrected chi connectivity index (χ2v) is 11.7. The minimum Gasteiger partial charge on any atom is -0.444 e. The number of amides is 4. The molecule has 9 heteroatoms. The molecule has 1 aromatic rings. The lowest BCUT2D eigenvalue weighted by atomic mass is 9.91. The lowest BCUT2D eigenvalue weighted by Crippen LogP contribution is -2.55. The summed E-state index contributed by atoms with van der Waals surface area (Å²) in [4.78, 5) is 54.1. The Morgan fingerprint density at radius 1 is 1.03 bits per heavy atom. The van der Waals surface area contributed by atoms with Crippen LogP contribution in [0.4, 0.5) is 4.79 Å². The Morgan fingerprint density at radius 3 is 2.16 bits per heavy atom.